The SMILES string of the molecule is CCOC(=O)C(=O)c1c(F)cc(O)c(OC)c1Br. The molecule has 0 atom stereocenters. The molecule has 0 bridgehead atoms. The second-order valence-electron chi connectivity index (χ2n) is 3.15. The molecule has 1 aromatic rings. The maximum atomic E-state index is 13.6. The molecule has 0 aliphatic heterocycles. The number of aromatic hydroxyl groups is 1. The molecule has 0 aromatic heterocycles. The highest BCUT2D eigenvalue weighted by Gasteiger charge is 2.28. The van der Waals surface area contributed by atoms with E-state index in [-0.39, 0.29) is 16.8 Å². The van der Waals surface area contributed by atoms with Crippen molar-refractivity contribution in [2.75, 3.05) is 13.7 Å². The monoisotopic (exact) mass is 320 g/mol. The summed E-state index contributed by atoms with van der Waals surface area (Å²) in [5, 5.41) is 9.40. The van der Waals surface area contributed by atoms with Gasteiger partial charge in [0, 0.05) is 6.07 Å². The van der Waals surface area contributed by atoms with Crippen LogP contribution >= 0.6 is 15.9 Å². The van der Waals surface area contributed by atoms with E-state index in [0.29, 0.717) is 6.07 Å². The van der Waals surface area contributed by atoms with E-state index in [4.69, 9.17) is 4.74 Å². The van der Waals surface area contributed by atoms with Crippen molar-refractivity contribution in [3.8, 4) is 11.5 Å². The summed E-state index contributed by atoms with van der Waals surface area (Å²) in [7, 11) is 1.23. The van der Waals surface area contributed by atoms with E-state index >= 15 is 0 Å². The Balaban J connectivity index is 3.32. The van der Waals surface area contributed by atoms with Crippen molar-refractivity contribution in [2.45, 2.75) is 6.92 Å². The van der Waals surface area contributed by atoms with Crippen LogP contribution in [-0.4, -0.2) is 30.6 Å². The Kier molecular flexibility index (Phi) is 4.66. The van der Waals surface area contributed by atoms with Gasteiger partial charge < -0.3 is 14.6 Å². The molecule has 0 spiro atoms. The Morgan fingerprint density at radius 3 is 2.61 bits per heavy atom. The summed E-state index contributed by atoms with van der Waals surface area (Å²) in [6.07, 6.45) is 0. The van der Waals surface area contributed by atoms with Crippen molar-refractivity contribution in [3.63, 3.8) is 0 Å². The number of carbonyl (C=O) groups is 2. The molecule has 0 saturated carbocycles. The van der Waals surface area contributed by atoms with Gasteiger partial charge in [-0.15, -0.1) is 0 Å². The Bertz CT molecular complexity index is 501. The molecule has 0 fully saturated rings. The molecule has 0 unspecified atom stereocenters. The van der Waals surface area contributed by atoms with Gasteiger partial charge in [-0.05, 0) is 22.9 Å². The number of phenolic OH excluding ortho intramolecular Hbond substituents is 1. The van der Waals surface area contributed by atoms with Gasteiger partial charge >= 0.3 is 5.97 Å². The van der Waals surface area contributed by atoms with E-state index in [1.165, 1.54) is 14.0 Å². The third kappa shape index (κ3) is 2.61. The van der Waals surface area contributed by atoms with Crippen LogP contribution < -0.4 is 4.74 Å². The zero-order valence-corrected chi connectivity index (χ0v) is 11.2. The second-order valence-corrected chi connectivity index (χ2v) is 3.94. The minimum absolute atomic E-state index is 0.000962. The molecule has 1 aromatic carbocycles. The lowest BCUT2D eigenvalue weighted by Gasteiger charge is -2.10. The Hall–Kier alpha value is -1.63. The average molecular weight is 321 g/mol. The smallest absolute Gasteiger partial charge is 0.379 e. The largest absolute Gasteiger partial charge is 0.504 e. The number of hydrogen-bond acceptors (Lipinski definition) is 5. The first-order valence-corrected chi connectivity index (χ1v) is 5.69. The summed E-state index contributed by atoms with van der Waals surface area (Å²) in [5.74, 6) is -3.99. The van der Waals surface area contributed by atoms with Gasteiger partial charge in [0.1, 0.15) is 5.82 Å². The lowest BCUT2D eigenvalue weighted by molar-refractivity contribution is -0.137. The van der Waals surface area contributed by atoms with Crippen LogP contribution in [0.15, 0.2) is 10.5 Å². The maximum absolute atomic E-state index is 13.6. The minimum atomic E-state index is -1.18. The first kappa shape index (κ1) is 14.4. The molecule has 0 aliphatic rings. The van der Waals surface area contributed by atoms with E-state index in [0.717, 1.165) is 0 Å². The van der Waals surface area contributed by atoms with E-state index in [1.807, 2.05) is 0 Å². The van der Waals surface area contributed by atoms with E-state index in [1.54, 1.807) is 0 Å². The summed E-state index contributed by atoms with van der Waals surface area (Å²) < 4.78 is 22.8. The Labute approximate surface area is 111 Å². The quantitative estimate of drug-likeness (QED) is 0.522. The summed E-state index contributed by atoms with van der Waals surface area (Å²) in [6.45, 7) is 1.52. The fraction of sp³-hybridized carbons (Fsp3) is 0.273. The molecule has 98 valence electrons. The Morgan fingerprint density at radius 2 is 2.11 bits per heavy atom. The molecule has 1 N–H and O–H groups in total. The fourth-order valence-electron chi connectivity index (χ4n) is 1.29. The zero-order valence-electron chi connectivity index (χ0n) is 9.62. The number of phenols is 1. The van der Waals surface area contributed by atoms with Gasteiger partial charge in [-0.25, -0.2) is 9.18 Å². The van der Waals surface area contributed by atoms with Crippen molar-refractivity contribution in [3.05, 3.63) is 21.9 Å². The average Bonchev–Trinajstić information content (AvgIpc) is 2.29. The highest BCUT2D eigenvalue weighted by Crippen LogP contribution is 2.38. The number of hydrogen-bond donors (Lipinski definition) is 1. The van der Waals surface area contributed by atoms with Crippen LogP contribution in [0.2, 0.25) is 0 Å². The van der Waals surface area contributed by atoms with Crippen LogP contribution in [0.5, 0.6) is 11.5 Å². The van der Waals surface area contributed by atoms with Crippen molar-refractivity contribution in [1.82, 2.24) is 0 Å². The van der Waals surface area contributed by atoms with Gasteiger partial charge in [0.25, 0.3) is 5.78 Å². The van der Waals surface area contributed by atoms with Crippen molar-refractivity contribution >= 4 is 27.7 Å². The predicted molar refractivity (Wildman–Crippen MR) is 63.3 cm³/mol. The minimum Gasteiger partial charge on any atom is -0.504 e. The summed E-state index contributed by atoms with van der Waals surface area (Å²) in [4.78, 5) is 22.9. The molecule has 1 rings (SSSR count). The molecule has 7 heteroatoms. The Morgan fingerprint density at radius 1 is 1.50 bits per heavy atom. The number of Topliss-reactive ketones (excluding diaryl/α,β-unsaturated/α-hetero) is 1. The van der Waals surface area contributed by atoms with Crippen LogP contribution in [0.3, 0.4) is 0 Å². The van der Waals surface area contributed by atoms with Crippen LogP contribution in [0, 0.1) is 5.82 Å². The third-order valence-electron chi connectivity index (χ3n) is 2.05. The van der Waals surface area contributed by atoms with E-state index < -0.39 is 28.9 Å². The van der Waals surface area contributed by atoms with Crippen molar-refractivity contribution in [1.29, 1.82) is 0 Å². The lowest BCUT2D eigenvalue weighted by Crippen LogP contribution is -2.19. The third-order valence-corrected chi connectivity index (χ3v) is 2.80. The molecular formula is C11H10BrFO5. The van der Waals surface area contributed by atoms with Gasteiger partial charge in [0.2, 0.25) is 0 Å². The number of halogens is 2. The van der Waals surface area contributed by atoms with Crippen LogP contribution in [0.1, 0.15) is 17.3 Å². The molecule has 0 radical (unpaired) electrons. The number of methoxy groups -OCH3 is 1. The molecule has 0 aliphatic carbocycles. The number of ketones is 1. The van der Waals surface area contributed by atoms with E-state index in [2.05, 4.69) is 20.7 Å². The van der Waals surface area contributed by atoms with Gasteiger partial charge in [-0.3, -0.25) is 4.79 Å². The highest BCUT2D eigenvalue weighted by atomic mass is 79.9. The van der Waals surface area contributed by atoms with Crippen molar-refractivity contribution < 1.29 is 28.6 Å². The lowest BCUT2D eigenvalue weighted by atomic mass is 10.1. The first-order chi connectivity index (χ1) is 8.43. The van der Waals surface area contributed by atoms with Crippen LogP contribution in [-0.2, 0) is 9.53 Å². The van der Waals surface area contributed by atoms with Crippen molar-refractivity contribution in [2.24, 2.45) is 0 Å². The zero-order chi connectivity index (χ0) is 13.9. The van der Waals surface area contributed by atoms with Gasteiger partial charge in [0.05, 0.1) is 23.8 Å². The maximum Gasteiger partial charge on any atom is 0.379 e. The van der Waals surface area contributed by atoms with Gasteiger partial charge in [-0.1, -0.05) is 0 Å². The first-order valence-electron chi connectivity index (χ1n) is 4.90. The molecule has 0 amide bonds. The number of benzene rings is 1. The summed E-state index contributed by atoms with van der Waals surface area (Å²) in [5.41, 5.74) is -0.539. The van der Waals surface area contributed by atoms with Gasteiger partial charge in [0.15, 0.2) is 11.5 Å². The summed E-state index contributed by atoms with van der Waals surface area (Å²) >= 11 is 2.91. The number of ether oxygens (including phenoxy) is 2. The van der Waals surface area contributed by atoms with Crippen LogP contribution in [0.25, 0.3) is 0 Å². The topological polar surface area (TPSA) is 72.8 Å². The highest BCUT2D eigenvalue weighted by molar-refractivity contribution is 9.10. The number of esters is 1. The molecule has 18 heavy (non-hydrogen) atoms. The van der Waals surface area contributed by atoms with Crippen LogP contribution in [0.4, 0.5) is 4.39 Å². The molecular weight excluding hydrogens is 311 g/mol. The second kappa shape index (κ2) is 5.81. The number of rotatable bonds is 4. The number of carbonyl (C=O) groups excluding carboxylic acids is 2. The normalized spacial score (nSPS) is 10.0. The molecule has 0 saturated heterocycles. The molecule has 0 heterocycles. The predicted octanol–water partition coefficient (Wildman–Crippen LogP) is 2.05. The van der Waals surface area contributed by atoms with Gasteiger partial charge in [-0.2, -0.15) is 0 Å². The standard InChI is InChI=1S/C11H10BrFO5/c1-3-18-11(16)9(15)7-5(13)4-6(14)10(17-2)8(7)12/h4,14H,3H2,1-2H3. The fourth-order valence-corrected chi connectivity index (χ4v) is 2.02. The summed E-state index contributed by atoms with van der Waals surface area (Å²) in [6, 6.07) is 0.691. The molecule has 5 nitrogen and oxygen atoms in total. The van der Waals surface area contributed by atoms with E-state index in [9.17, 15) is 19.1 Å².